The van der Waals surface area contributed by atoms with Crippen LogP contribution in [0.1, 0.15) is 26.3 Å². The molecule has 0 aliphatic heterocycles. The molecule has 0 spiro atoms. The van der Waals surface area contributed by atoms with Gasteiger partial charge >= 0.3 is 0 Å². The van der Waals surface area contributed by atoms with E-state index < -0.39 is 5.54 Å². The van der Waals surface area contributed by atoms with Crippen LogP contribution in [-0.4, -0.2) is 5.91 Å². The summed E-state index contributed by atoms with van der Waals surface area (Å²) in [5.74, 6) is -0.311. The third kappa shape index (κ3) is 3.05. The van der Waals surface area contributed by atoms with E-state index in [2.05, 4.69) is 5.32 Å². The predicted octanol–water partition coefficient (Wildman–Crippen LogP) is 3.86. The van der Waals surface area contributed by atoms with Gasteiger partial charge in [-0.2, -0.15) is 0 Å². The van der Waals surface area contributed by atoms with Gasteiger partial charge in [-0.3, -0.25) is 4.79 Å². The molecule has 20 heavy (non-hydrogen) atoms. The number of rotatable bonds is 3. The molecule has 0 aliphatic rings. The molecular weight excluding hydrogens is 253 g/mol. The summed E-state index contributed by atoms with van der Waals surface area (Å²) in [5, 5.41) is 2.89. The third-order valence-corrected chi connectivity index (χ3v) is 3.28. The molecule has 0 atom stereocenters. The minimum atomic E-state index is -0.445. The van der Waals surface area contributed by atoms with Crippen LogP contribution in [0.5, 0.6) is 0 Å². The lowest BCUT2D eigenvalue weighted by Crippen LogP contribution is -2.39. The van der Waals surface area contributed by atoms with Gasteiger partial charge < -0.3 is 5.32 Å². The highest BCUT2D eigenvalue weighted by Gasteiger charge is 2.21. The van der Waals surface area contributed by atoms with Crippen LogP contribution in [0.25, 0.3) is 11.1 Å². The van der Waals surface area contributed by atoms with Gasteiger partial charge in [-0.05, 0) is 31.0 Å². The number of carbonyl (C=O) groups excluding carboxylic acids is 1. The van der Waals surface area contributed by atoms with E-state index in [4.69, 9.17) is 0 Å². The fourth-order valence-electron chi connectivity index (χ4n) is 2.27. The van der Waals surface area contributed by atoms with Crippen LogP contribution >= 0.6 is 0 Å². The Balaban J connectivity index is 2.31. The van der Waals surface area contributed by atoms with Crippen molar-refractivity contribution in [3.63, 3.8) is 0 Å². The summed E-state index contributed by atoms with van der Waals surface area (Å²) in [6, 6.07) is 14.3. The maximum atomic E-state index is 13.7. The highest BCUT2D eigenvalue weighted by molar-refractivity contribution is 5.74. The number of carbonyl (C=O) groups is 1. The second-order valence-electron chi connectivity index (χ2n) is 5.36. The topological polar surface area (TPSA) is 29.1 Å². The van der Waals surface area contributed by atoms with Crippen molar-refractivity contribution in [2.24, 2.45) is 0 Å². The first-order valence-electron chi connectivity index (χ1n) is 6.54. The van der Waals surface area contributed by atoms with Crippen molar-refractivity contribution in [2.75, 3.05) is 0 Å². The smallest absolute Gasteiger partial charge is 0.217 e. The summed E-state index contributed by atoms with van der Waals surface area (Å²) in [7, 11) is 0. The number of halogens is 1. The zero-order valence-corrected chi connectivity index (χ0v) is 11.9. The minimum Gasteiger partial charge on any atom is -0.347 e. The largest absolute Gasteiger partial charge is 0.347 e. The summed E-state index contributed by atoms with van der Waals surface area (Å²) < 4.78 is 13.7. The molecule has 0 unspecified atom stereocenters. The first kappa shape index (κ1) is 14.3. The maximum absolute atomic E-state index is 13.7. The lowest BCUT2D eigenvalue weighted by molar-refractivity contribution is -0.120. The van der Waals surface area contributed by atoms with E-state index in [1.165, 1.54) is 13.0 Å². The average molecular weight is 271 g/mol. The maximum Gasteiger partial charge on any atom is 0.217 e. The van der Waals surface area contributed by atoms with E-state index in [1.54, 1.807) is 12.1 Å². The Bertz CT molecular complexity index is 617. The van der Waals surface area contributed by atoms with Crippen LogP contribution in [0.2, 0.25) is 0 Å². The number of benzene rings is 2. The lowest BCUT2D eigenvalue weighted by atomic mass is 9.92. The van der Waals surface area contributed by atoms with Gasteiger partial charge in [-0.1, -0.05) is 42.5 Å². The molecule has 0 heterocycles. The summed E-state index contributed by atoms with van der Waals surface area (Å²) in [5.41, 5.74) is 1.94. The van der Waals surface area contributed by atoms with E-state index in [0.717, 1.165) is 11.1 Å². The van der Waals surface area contributed by atoms with Crippen molar-refractivity contribution in [3.05, 3.63) is 59.9 Å². The highest BCUT2D eigenvalue weighted by atomic mass is 19.1. The first-order valence-corrected chi connectivity index (χ1v) is 6.54. The normalized spacial score (nSPS) is 11.2. The average Bonchev–Trinajstić information content (AvgIpc) is 2.38. The molecule has 0 aromatic heterocycles. The van der Waals surface area contributed by atoms with Gasteiger partial charge in [0.05, 0.1) is 5.54 Å². The second-order valence-corrected chi connectivity index (χ2v) is 5.36. The van der Waals surface area contributed by atoms with Gasteiger partial charge in [0, 0.05) is 12.5 Å². The van der Waals surface area contributed by atoms with E-state index in [0.29, 0.717) is 5.56 Å². The Morgan fingerprint density at radius 2 is 1.65 bits per heavy atom. The molecular formula is C17H18FNO. The molecule has 0 fully saturated rings. The number of nitrogens with one attached hydrogen (secondary N) is 1. The molecule has 2 nitrogen and oxygen atoms in total. The summed E-state index contributed by atoms with van der Waals surface area (Å²) in [4.78, 5) is 11.2. The van der Waals surface area contributed by atoms with Crippen molar-refractivity contribution >= 4 is 5.91 Å². The standard InChI is InChI=1S/C17H18FNO/c1-12(20)19-17(2,3)14-10-8-13(9-11-14)15-6-4-5-7-16(15)18/h4-11H,1-3H3,(H,19,20). The molecule has 0 saturated heterocycles. The molecule has 1 N–H and O–H groups in total. The van der Waals surface area contributed by atoms with E-state index in [-0.39, 0.29) is 11.7 Å². The summed E-state index contributed by atoms with van der Waals surface area (Å²) in [6.45, 7) is 5.37. The zero-order chi connectivity index (χ0) is 14.8. The second kappa shape index (κ2) is 5.45. The molecule has 2 aromatic rings. The van der Waals surface area contributed by atoms with Crippen molar-refractivity contribution in [1.82, 2.24) is 5.32 Å². The van der Waals surface area contributed by atoms with Crippen LogP contribution in [0.15, 0.2) is 48.5 Å². The van der Waals surface area contributed by atoms with Crippen LogP contribution in [-0.2, 0) is 10.3 Å². The zero-order valence-electron chi connectivity index (χ0n) is 11.9. The Morgan fingerprint density at radius 3 is 2.20 bits per heavy atom. The molecule has 104 valence electrons. The van der Waals surface area contributed by atoms with E-state index in [1.807, 2.05) is 44.2 Å². The molecule has 2 aromatic carbocycles. The molecule has 0 aliphatic carbocycles. The van der Waals surface area contributed by atoms with Crippen molar-refractivity contribution in [2.45, 2.75) is 26.3 Å². The Labute approximate surface area is 118 Å². The quantitative estimate of drug-likeness (QED) is 0.902. The summed E-state index contributed by atoms with van der Waals surface area (Å²) in [6.07, 6.45) is 0. The van der Waals surface area contributed by atoms with Crippen LogP contribution in [0.4, 0.5) is 4.39 Å². The number of hydrogen-bond donors (Lipinski definition) is 1. The predicted molar refractivity (Wildman–Crippen MR) is 78.7 cm³/mol. The van der Waals surface area contributed by atoms with Crippen LogP contribution in [0.3, 0.4) is 0 Å². The van der Waals surface area contributed by atoms with Gasteiger partial charge in [0.2, 0.25) is 5.91 Å². The monoisotopic (exact) mass is 271 g/mol. The van der Waals surface area contributed by atoms with Crippen LogP contribution < -0.4 is 5.32 Å². The van der Waals surface area contributed by atoms with E-state index in [9.17, 15) is 9.18 Å². The van der Waals surface area contributed by atoms with Crippen molar-refractivity contribution < 1.29 is 9.18 Å². The van der Waals surface area contributed by atoms with Gasteiger partial charge in [0.15, 0.2) is 0 Å². The molecule has 0 saturated carbocycles. The SMILES string of the molecule is CC(=O)NC(C)(C)c1ccc(-c2ccccc2F)cc1. The van der Waals surface area contributed by atoms with Crippen LogP contribution in [0, 0.1) is 5.82 Å². The Hall–Kier alpha value is -2.16. The van der Waals surface area contributed by atoms with Crippen molar-refractivity contribution in [1.29, 1.82) is 0 Å². The highest BCUT2D eigenvalue weighted by Crippen LogP contribution is 2.26. The molecule has 0 bridgehead atoms. The van der Waals surface area contributed by atoms with Gasteiger partial charge in [0.1, 0.15) is 5.82 Å². The van der Waals surface area contributed by atoms with E-state index >= 15 is 0 Å². The number of amides is 1. The molecule has 0 radical (unpaired) electrons. The molecule has 2 rings (SSSR count). The van der Waals surface area contributed by atoms with Gasteiger partial charge in [-0.25, -0.2) is 4.39 Å². The Morgan fingerprint density at radius 1 is 1.05 bits per heavy atom. The lowest BCUT2D eigenvalue weighted by Gasteiger charge is -2.26. The fourth-order valence-corrected chi connectivity index (χ4v) is 2.27. The fraction of sp³-hybridized carbons (Fsp3) is 0.235. The minimum absolute atomic E-state index is 0.0758. The van der Waals surface area contributed by atoms with Gasteiger partial charge in [0.25, 0.3) is 0 Å². The number of hydrogen-bond acceptors (Lipinski definition) is 1. The Kier molecular flexibility index (Phi) is 3.89. The van der Waals surface area contributed by atoms with Crippen molar-refractivity contribution in [3.8, 4) is 11.1 Å². The molecule has 3 heteroatoms. The molecule has 1 amide bonds. The van der Waals surface area contributed by atoms with Gasteiger partial charge in [-0.15, -0.1) is 0 Å². The summed E-state index contributed by atoms with van der Waals surface area (Å²) >= 11 is 0. The third-order valence-electron chi connectivity index (χ3n) is 3.28. The first-order chi connectivity index (χ1) is 9.40.